The fourth-order valence-corrected chi connectivity index (χ4v) is 2.93. The van der Waals surface area contributed by atoms with E-state index >= 15 is 0 Å². The molecule has 2 N–H and O–H groups in total. The van der Waals surface area contributed by atoms with Crippen LogP contribution in [-0.2, 0) is 6.42 Å². The first-order valence-corrected chi connectivity index (χ1v) is 8.99. The van der Waals surface area contributed by atoms with Crippen LogP contribution >= 0.6 is 11.8 Å². The lowest BCUT2D eigenvalue weighted by atomic mass is 10.3. The van der Waals surface area contributed by atoms with Crippen molar-refractivity contribution in [2.45, 2.75) is 17.7 Å². The van der Waals surface area contributed by atoms with Crippen LogP contribution in [0.25, 0.3) is 0 Å². The lowest BCUT2D eigenvalue weighted by Crippen LogP contribution is -2.38. The highest BCUT2D eigenvalue weighted by atomic mass is 32.2. The van der Waals surface area contributed by atoms with Crippen molar-refractivity contribution in [3.05, 3.63) is 60.2 Å². The number of nitrogens with one attached hydrogen (secondary N) is 2. The van der Waals surface area contributed by atoms with Crippen LogP contribution in [0.2, 0.25) is 0 Å². The van der Waals surface area contributed by atoms with Crippen molar-refractivity contribution >= 4 is 17.7 Å². The number of hydrogen-bond acceptors (Lipinski definition) is 3. The van der Waals surface area contributed by atoms with E-state index < -0.39 is 0 Å². The Balaban J connectivity index is 1.57. The van der Waals surface area contributed by atoms with Gasteiger partial charge in [-0.2, -0.15) is 0 Å². The molecule has 0 saturated heterocycles. The van der Waals surface area contributed by atoms with E-state index in [4.69, 9.17) is 0 Å². The molecule has 24 heavy (non-hydrogen) atoms. The highest BCUT2D eigenvalue weighted by Gasteiger charge is 1.99. The molecule has 128 valence electrons. The van der Waals surface area contributed by atoms with Crippen LogP contribution < -0.4 is 10.6 Å². The molecule has 0 radical (unpaired) electrons. The predicted molar refractivity (Wildman–Crippen MR) is 99.0 cm³/mol. The van der Waals surface area contributed by atoms with Crippen molar-refractivity contribution < 1.29 is 4.39 Å². The number of halogens is 1. The number of benzene rings is 1. The molecule has 1 aromatic heterocycles. The lowest BCUT2D eigenvalue weighted by Gasteiger charge is -2.11. The maximum absolute atomic E-state index is 12.8. The van der Waals surface area contributed by atoms with Gasteiger partial charge in [0.25, 0.3) is 0 Å². The second-order valence-corrected chi connectivity index (χ2v) is 6.32. The van der Waals surface area contributed by atoms with Crippen molar-refractivity contribution in [1.29, 1.82) is 0 Å². The Labute approximate surface area is 147 Å². The van der Waals surface area contributed by atoms with Gasteiger partial charge in [-0.3, -0.25) is 9.98 Å². The van der Waals surface area contributed by atoms with Crippen LogP contribution in [0.3, 0.4) is 0 Å². The third-order valence-electron chi connectivity index (χ3n) is 3.32. The number of rotatable bonds is 8. The molecule has 6 heteroatoms. The minimum Gasteiger partial charge on any atom is -0.356 e. The average Bonchev–Trinajstić information content (AvgIpc) is 2.62. The summed E-state index contributed by atoms with van der Waals surface area (Å²) in [5, 5.41) is 6.58. The standard InChI is InChI=1S/C18H23FN4S/c1-20-18(23-13-10-16-5-2-3-11-21-16)22-12-4-14-24-17-8-6-15(19)7-9-17/h2-3,5-9,11H,4,10,12-14H2,1H3,(H2,20,22,23). The molecule has 0 saturated carbocycles. The Bertz CT molecular complexity index is 617. The zero-order valence-electron chi connectivity index (χ0n) is 13.8. The molecule has 4 nitrogen and oxygen atoms in total. The van der Waals surface area contributed by atoms with Crippen molar-refractivity contribution in [2.75, 3.05) is 25.9 Å². The molecule has 2 aromatic rings. The Morgan fingerprint density at radius 2 is 1.92 bits per heavy atom. The molecule has 1 heterocycles. The van der Waals surface area contributed by atoms with Crippen molar-refractivity contribution in [3.8, 4) is 0 Å². The molecular formula is C18H23FN4S. The third kappa shape index (κ3) is 7.00. The molecule has 0 atom stereocenters. The summed E-state index contributed by atoms with van der Waals surface area (Å²) in [6, 6.07) is 12.5. The van der Waals surface area contributed by atoms with Crippen LogP contribution in [0, 0.1) is 5.82 Å². The zero-order valence-corrected chi connectivity index (χ0v) is 14.7. The van der Waals surface area contributed by atoms with Crippen LogP contribution in [0.1, 0.15) is 12.1 Å². The highest BCUT2D eigenvalue weighted by molar-refractivity contribution is 7.99. The van der Waals surface area contributed by atoms with Crippen LogP contribution in [0.5, 0.6) is 0 Å². The van der Waals surface area contributed by atoms with E-state index in [1.54, 1.807) is 25.0 Å². The fraction of sp³-hybridized carbons (Fsp3) is 0.333. The van der Waals surface area contributed by atoms with Crippen LogP contribution in [0.4, 0.5) is 4.39 Å². The zero-order chi connectivity index (χ0) is 17.0. The monoisotopic (exact) mass is 346 g/mol. The number of nitrogens with zero attached hydrogens (tertiary/aromatic N) is 2. The van der Waals surface area contributed by atoms with Gasteiger partial charge >= 0.3 is 0 Å². The third-order valence-corrected chi connectivity index (χ3v) is 4.42. The number of hydrogen-bond donors (Lipinski definition) is 2. The fourth-order valence-electron chi connectivity index (χ4n) is 2.08. The second-order valence-electron chi connectivity index (χ2n) is 5.15. The molecule has 1 aromatic carbocycles. The quantitative estimate of drug-likeness (QED) is 0.334. The lowest BCUT2D eigenvalue weighted by molar-refractivity contribution is 0.626. The Kier molecular flexibility index (Phi) is 8.10. The van der Waals surface area contributed by atoms with Gasteiger partial charge in [-0.1, -0.05) is 6.07 Å². The Morgan fingerprint density at radius 1 is 1.12 bits per heavy atom. The van der Waals surface area contributed by atoms with E-state index in [0.717, 1.165) is 48.2 Å². The smallest absolute Gasteiger partial charge is 0.190 e. The van der Waals surface area contributed by atoms with Gasteiger partial charge in [0, 0.05) is 43.3 Å². The van der Waals surface area contributed by atoms with Gasteiger partial charge in [0.2, 0.25) is 0 Å². The van der Waals surface area contributed by atoms with Crippen LogP contribution in [-0.4, -0.2) is 36.8 Å². The maximum Gasteiger partial charge on any atom is 0.190 e. The van der Waals surface area contributed by atoms with Gasteiger partial charge in [0.05, 0.1) is 0 Å². The van der Waals surface area contributed by atoms with E-state index in [2.05, 4.69) is 20.6 Å². The number of thioether (sulfide) groups is 1. The van der Waals surface area contributed by atoms with E-state index in [-0.39, 0.29) is 5.82 Å². The number of aromatic nitrogens is 1. The molecule has 0 aliphatic rings. The topological polar surface area (TPSA) is 49.3 Å². The summed E-state index contributed by atoms with van der Waals surface area (Å²) in [5.41, 5.74) is 1.07. The van der Waals surface area contributed by atoms with E-state index in [9.17, 15) is 4.39 Å². The van der Waals surface area contributed by atoms with Gasteiger partial charge in [-0.05, 0) is 48.6 Å². The number of pyridine rings is 1. The Hall–Kier alpha value is -2.08. The van der Waals surface area contributed by atoms with Gasteiger partial charge in [-0.15, -0.1) is 11.8 Å². The highest BCUT2D eigenvalue weighted by Crippen LogP contribution is 2.18. The maximum atomic E-state index is 12.8. The molecule has 0 unspecified atom stereocenters. The summed E-state index contributed by atoms with van der Waals surface area (Å²) >= 11 is 1.73. The largest absolute Gasteiger partial charge is 0.356 e. The number of aliphatic imine (C=N–C) groups is 1. The van der Waals surface area contributed by atoms with E-state index in [0.29, 0.717) is 0 Å². The van der Waals surface area contributed by atoms with Gasteiger partial charge in [-0.25, -0.2) is 4.39 Å². The number of guanidine groups is 1. The molecule has 0 amide bonds. The van der Waals surface area contributed by atoms with Gasteiger partial charge in [0.15, 0.2) is 5.96 Å². The molecule has 0 aliphatic heterocycles. The van der Waals surface area contributed by atoms with Gasteiger partial charge in [0.1, 0.15) is 5.82 Å². The normalized spacial score (nSPS) is 11.3. The molecule has 0 spiro atoms. The van der Waals surface area contributed by atoms with E-state index in [1.807, 2.05) is 30.3 Å². The molecule has 0 fully saturated rings. The average molecular weight is 346 g/mol. The summed E-state index contributed by atoms with van der Waals surface area (Å²) in [4.78, 5) is 9.60. The summed E-state index contributed by atoms with van der Waals surface area (Å²) in [6.07, 6.45) is 3.67. The first-order chi connectivity index (χ1) is 11.8. The minimum absolute atomic E-state index is 0.193. The molecule has 0 aliphatic carbocycles. The first kappa shape index (κ1) is 18.3. The van der Waals surface area contributed by atoms with Crippen molar-refractivity contribution in [3.63, 3.8) is 0 Å². The minimum atomic E-state index is -0.193. The second kappa shape index (κ2) is 10.6. The Morgan fingerprint density at radius 3 is 2.62 bits per heavy atom. The van der Waals surface area contributed by atoms with Crippen LogP contribution in [0.15, 0.2) is 58.5 Å². The van der Waals surface area contributed by atoms with Gasteiger partial charge < -0.3 is 10.6 Å². The molecule has 0 bridgehead atoms. The molecular weight excluding hydrogens is 323 g/mol. The summed E-state index contributed by atoms with van der Waals surface area (Å²) in [7, 11) is 1.77. The molecule has 2 rings (SSSR count). The summed E-state index contributed by atoms with van der Waals surface area (Å²) < 4.78 is 12.8. The SMILES string of the molecule is CN=C(NCCCSc1ccc(F)cc1)NCCc1ccccn1. The van der Waals surface area contributed by atoms with Crippen molar-refractivity contribution in [1.82, 2.24) is 15.6 Å². The predicted octanol–water partition coefficient (Wildman–Crippen LogP) is 3.11. The first-order valence-electron chi connectivity index (χ1n) is 8.01. The van der Waals surface area contributed by atoms with E-state index in [1.165, 1.54) is 12.1 Å². The summed E-state index contributed by atoms with van der Waals surface area (Å²) in [6.45, 7) is 1.64. The van der Waals surface area contributed by atoms with Crippen molar-refractivity contribution in [2.24, 2.45) is 4.99 Å². The summed E-state index contributed by atoms with van der Waals surface area (Å²) in [5.74, 6) is 1.59.